The summed E-state index contributed by atoms with van der Waals surface area (Å²) in [6, 6.07) is 12.2. The normalized spacial score (nSPS) is 16.7. The second-order valence-electron chi connectivity index (χ2n) is 11.4. The fourth-order valence-electron chi connectivity index (χ4n) is 4.53. The van der Waals surface area contributed by atoms with E-state index in [0.717, 1.165) is 15.4 Å². The van der Waals surface area contributed by atoms with Gasteiger partial charge in [0.05, 0.1) is 18.0 Å². The Morgan fingerprint density at radius 1 is 0.851 bits per heavy atom. The number of aryl methyl sites for hydroxylation is 1. The fraction of sp³-hybridized carbons (Fsp3) is 0.419. The number of rotatable bonds is 17. The SMILES string of the molecule is Cc1ccc(S(=O)(=O)N2CC2C(=O)NCC(=O)N[C@H](C(=O)NCCC(=O)N[C@@H](Cc2ccccc2)C(=O)NCC(N)=O)C(C)C)cc1. The van der Waals surface area contributed by atoms with Crippen molar-refractivity contribution in [2.24, 2.45) is 11.7 Å². The Hall–Kier alpha value is -4.83. The molecular formula is C31H41N7O8S. The van der Waals surface area contributed by atoms with Crippen molar-refractivity contribution in [3.8, 4) is 0 Å². The summed E-state index contributed by atoms with van der Waals surface area (Å²) in [5, 5.41) is 12.5. The molecule has 0 radical (unpaired) electrons. The Morgan fingerprint density at radius 3 is 2.13 bits per heavy atom. The van der Waals surface area contributed by atoms with Gasteiger partial charge in [-0.15, -0.1) is 0 Å². The number of hydrogen-bond donors (Lipinski definition) is 6. The minimum atomic E-state index is -3.85. The molecule has 0 saturated carbocycles. The smallest absolute Gasteiger partial charge is 0.243 e. The van der Waals surface area contributed by atoms with Gasteiger partial charge in [0.15, 0.2) is 0 Å². The van der Waals surface area contributed by atoms with Gasteiger partial charge in [0.25, 0.3) is 0 Å². The molecule has 0 bridgehead atoms. The van der Waals surface area contributed by atoms with Crippen LogP contribution in [-0.2, 0) is 45.2 Å². The second-order valence-corrected chi connectivity index (χ2v) is 13.3. The summed E-state index contributed by atoms with van der Waals surface area (Å²) in [6.45, 7) is 4.24. The molecule has 2 aromatic rings. The lowest BCUT2D eigenvalue weighted by atomic mass is 10.0. The maximum atomic E-state index is 12.9. The van der Waals surface area contributed by atoms with Crippen molar-refractivity contribution in [1.82, 2.24) is 30.9 Å². The zero-order valence-corrected chi connectivity index (χ0v) is 27.3. The van der Waals surface area contributed by atoms with Gasteiger partial charge in [0.1, 0.15) is 18.1 Å². The highest BCUT2D eigenvalue weighted by Gasteiger charge is 2.49. The van der Waals surface area contributed by atoms with Crippen LogP contribution in [-0.4, -0.2) is 92.5 Å². The van der Waals surface area contributed by atoms with Gasteiger partial charge in [0, 0.05) is 25.9 Å². The molecule has 47 heavy (non-hydrogen) atoms. The van der Waals surface area contributed by atoms with Gasteiger partial charge in [-0.1, -0.05) is 61.9 Å². The van der Waals surface area contributed by atoms with Crippen LogP contribution in [0.5, 0.6) is 0 Å². The van der Waals surface area contributed by atoms with Crippen LogP contribution in [0.3, 0.4) is 0 Å². The van der Waals surface area contributed by atoms with Crippen molar-refractivity contribution < 1.29 is 37.2 Å². The van der Waals surface area contributed by atoms with E-state index in [9.17, 15) is 37.2 Å². The molecule has 0 spiro atoms. The third-order valence-corrected chi connectivity index (χ3v) is 9.10. The highest BCUT2D eigenvalue weighted by Crippen LogP contribution is 2.28. The molecule has 6 amide bonds. The number of hydrogen-bond acceptors (Lipinski definition) is 8. The van der Waals surface area contributed by atoms with E-state index in [0.29, 0.717) is 0 Å². The average molecular weight is 672 g/mol. The number of primary amides is 1. The van der Waals surface area contributed by atoms with Crippen molar-refractivity contribution in [2.45, 2.75) is 56.6 Å². The Kier molecular flexibility index (Phi) is 13.0. The van der Waals surface area contributed by atoms with E-state index in [1.807, 2.05) is 6.92 Å². The highest BCUT2D eigenvalue weighted by molar-refractivity contribution is 7.89. The number of nitrogens with one attached hydrogen (secondary N) is 5. The number of carbonyl (C=O) groups excluding carboxylic acids is 6. The molecule has 254 valence electrons. The van der Waals surface area contributed by atoms with Crippen molar-refractivity contribution in [2.75, 3.05) is 26.2 Å². The number of amides is 6. The van der Waals surface area contributed by atoms with Crippen LogP contribution >= 0.6 is 0 Å². The highest BCUT2D eigenvalue weighted by atomic mass is 32.2. The lowest BCUT2D eigenvalue weighted by Crippen LogP contribution is -2.53. The molecular weight excluding hydrogens is 630 g/mol. The van der Waals surface area contributed by atoms with Gasteiger partial charge in [-0.05, 0) is 30.5 Å². The van der Waals surface area contributed by atoms with Gasteiger partial charge in [0.2, 0.25) is 45.5 Å². The largest absolute Gasteiger partial charge is 0.368 e. The summed E-state index contributed by atoms with van der Waals surface area (Å²) in [7, 11) is -3.85. The summed E-state index contributed by atoms with van der Waals surface area (Å²) in [6.07, 6.45) is -0.0266. The third kappa shape index (κ3) is 11.2. The lowest BCUT2D eigenvalue weighted by Gasteiger charge is -2.22. The van der Waals surface area contributed by atoms with E-state index in [4.69, 9.17) is 5.73 Å². The molecule has 1 fully saturated rings. The maximum Gasteiger partial charge on any atom is 0.243 e. The van der Waals surface area contributed by atoms with Gasteiger partial charge in [-0.2, -0.15) is 4.31 Å². The molecule has 2 aromatic carbocycles. The predicted octanol–water partition coefficient (Wildman–Crippen LogP) is -1.54. The third-order valence-electron chi connectivity index (χ3n) is 7.21. The van der Waals surface area contributed by atoms with Crippen LogP contribution in [0.4, 0.5) is 0 Å². The van der Waals surface area contributed by atoms with E-state index in [-0.39, 0.29) is 36.7 Å². The topological polar surface area (TPSA) is 226 Å². The van der Waals surface area contributed by atoms with Crippen molar-refractivity contribution >= 4 is 45.5 Å². The average Bonchev–Trinajstić information content (AvgIpc) is 3.84. The quantitative estimate of drug-likeness (QED) is 0.108. The molecule has 1 saturated heterocycles. The first-order chi connectivity index (χ1) is 22.2. The molecule has 15 nitrogen and oxygen atoms in total. The van der Waals surface area contributed by atoms with Gasteiger partial charge < -0.3 is 32.3 Å². The Balaban J connectivity index is 1.45. The molecule has 1 aliphatic rings. The Bertz CT molecular complexity index is 1570. The summed E-state index contributed by atoms with van der Waals surface area (Å²) < 4.78 is 26.5. The molecule has 0 aromatic heterocycles. The van der Waals surface area contributed by atoms with Gasteiger partial charge >= 0.3 is 0 Å². The first kappa shape index (κ1) is 36.6. The monoisotopic (exact) mass is 671 g/mol. The molecule has 0 aliphatic carbocycles. The van der Waals surface area contributed by atoms with Crippen molar-refractivity contribution in [3.63, 3.8) is 0 Å². The molecule has 7 N–H and O–H groups in total. The van der Waals surface area contributed by atoms with Gasteiger partial charge in [-0.25, -0.2) is 8.42 Å². The summed E-state index contributed by atoms with van der Waals surface area (Å²) in [4.78, 5) is 74.4. The Morgan fingerprint density at radius 2 is 1.51 bits per heavy atom. The first-order valence-electron chi connectivity index (χ1n) is 15.0. The van der Waals surface area contributed by atoms with Crippen LogP contribution in [0, 0.1) is 12.8 Å². The molecule has 16 heteroatoms. The zero-order chi connectivity index (χ0) is 34.7. The van der Waals surface area contributed by atoms with Gasteiger partial charge in [-0.3, -0.25) is 28.8 Å². The zero-order valence-electron chi connectivity index (χ0n) is 26.4. The summed E-state index contributed by atoms with van der Waals surface area (Å²) in [5.74, 6) is -4.09. The van der Waals surface area contributed by atoms with E-state index in [2.05, 4.69) is 26.6 Å². The first-order valence-corrected chi connectivity index (χ1v) is 16.5. The number of sulfonamides is 1. The van der Waals surface area contributed by atoms with Crippen LogP contribution < -0.4 is 32.3 Å². The minimum Gasteiger partial charge on any atom is -0.368 e. The minimum absolute atomic E-state index is 0.0146. The standard InChI is InChI=1S/C31H41N7O8S/c1-19(2)28(37-27(41)17-35-30(43)24-18-38(24)47(45,46)22-11-9-20(3)10-12-22)31(44)33-14-13-26(40)36-23(29(42)34-16-25(32)39)15-21-7-5-4-6-8-21/h4-12,19,23-24,28H,13-18H2,1-3H3,(H2,32,39)(H,33,44)(H,34,42)(H,35,43)(H,36,40)(H,37,41)/t23-,24?,28-,38?/m0/s1. The number of nitrogens with two attached hydrogens (primary N) is 1. The number of carbonyl (C=O) groups is 6. The molecule has 3 rings (SSSR count). The maximum absolute atomic E-state index is 12.9. The van der Waals surface area contributed by atoms with Crippen LogP contribution in [0.25, 0.3) is 0 Å². The van der Waals surface area contributed by atoms with Crippen LogP contribution in [0.1, 0.15) is 31.4 Å². The summed E-state index contributed by atoms with van der Waals surface area (Å²) in [5.41, 5.74) is 6.77. The lowest BCUT2D eigenvalue weighted by molar-refractivity contribution is -0.131. The number of benzene rings is 2. The molecule has 1 heterocycles. The molecule has 4 atom stereocenters. The van der Waals surface area contributed by atoms with Crippen LogP contribution in [0.15, 0.2) is 59.5 Å². The number of nitrogens with zero attached hydrogens (tertiary/aromatic N) is 1. The fourth-order valence-corrected chi connectivity index (χ4v) is 6.04. The van der Waals surface area contributed by atoms with Crippen molar-refractivity contribution in [3.05, 3.63) is 65.7 Å². The van der Waals surface area contributed by atoms with E-state index in [1.54, 1.807) is 56.3 Å². The molecule has 1 aliphatic heterocycles. The molecule has 2 unspecified atom stereocenters. The predicted molar refractivity (Wildman–Crippen MR) is 171 cm³/mol. The van der Waals surface area contributed by atoms with E-state index < -0.39 is 76.7 Å². The van der Waals surface area contributed by atoms with E-state index in [1.165, 1.54) is 12.1 Å². The summed E-state index contributed by atoms with van der Waals surface area (Å²) >= 11 is 0. The van der Waals surface area contributed by atoms with Crippen molar-refractivity contribution in [1.29, 1.82) is 0 Å². The Labute approximate surface area is 273 Å². The van der Waals surface area contributed by atoms with Crippen LogP contribution in [0.2, 0.25) is 0 Å². The second kappa shape index (κ2) is 16.6. The van der Waals surface area contributed by atoms with E-state index >= 15 is 0 Å².